The Morgan fingerprint density at radius 1 is 1.57 bits per heavy atom. The van der Waals surface area contributed by atoms with Crippen LogP contribution in [0.2, 0.25) is 0 Å². The molecule has 14 heavy (non-hydrogen) atoms. The zero-order chi connectivity index (χ0) is 9.97. The third-order valence-corrected chi connectivity index (χ3v) is 2.24. The smallest absolute Gasteiger partial charge is 0.157 e. The Morgan fingerprint density at radius 2 is 2.43 bits per heavy atom. The molecule has 0 saturated carbocycles. The van der Waals surface area contributed by atoms with E-state index in [1.807, 2.05) is 17.8 Å². The standard InChI is InChI=1S/C10H13N3O/c1-2-13-7-9(6-11-13)12-8-3-4-10(14)5-8/h5-7,12H,2-4H2,1H3. The van der Waals surface area contributed by atoms with E-state index in [0.717, 1.165) is 24.4 Å². The second-order valence-electron chi connectivity index (χ2n) is 3.35. The van der Waals surface area contributed by atoms with Crippen molar-refractivity contribution in [3.63, 3.8) is 0 Å². The van der Waals surface area contributed by atoms with E-state index in [2.05, 4.69) is 10.4 Å². The molecule has 1 aromatic heterocycles. The summed E-state index contributed by atoms with van der Waals surface area (Å²) in [5.74, 6) is 0.204. The lowest BCUT2D eigenvalue weighted by atomic mass is 10.3. The second kappa shape index (κ2) is 3.65. The van der Waals surface area contributed by atoms with Crippen LogP contribution in [0.15, 0.2) is 24.2 Å². The first-order chi connectivity index (χ1) is 6.78. The van der Waals surface area contributed by atoms with Crippen LogP contribution in [-0.4, -0.2) is 15.6 Å². The molecule has 0 unspecified atom stereocenters. The number of anilines is 1. The summed E-state index contributed by atoms with van der Waals surface area (Å²) in [6.45, 7) is 2.90. The summed E-state index contributed by atoms with van der Waals surface area (Å²) in [5, 5.41) is 7.32. The molecule has 74 valence electrons. The van der Waals surface area contributed by atoms with Gasteiger partial charge in [0.15, 0.2) is 5.78 Å². The van der Waals surface area contributed by atoms with E-state index in [1.54, 1.807) is 12.3 Å². The Morgan fingerprint density at radius 3 is 3.00 bits per heavy atom. The van der Waals surface area contributed by atoms with Crippen molar-refractivity contribution in [1.82, 2.24) is 9.78 Å². The van der Waals surface area contributed by atoms with Gasteiger partial charge in [-0.2, -0.15) is 5.10 Å². The largest absolute Gasteiger partial charge is 0.356 e. The number of allylic oxidation sites excluding steroid dienone is 2. The number of aryl methyl sites for hydroxylation is 1. The van der Waals surface area contributed by atoms with Crippen LogP contribution in [0.5, 0.6) is 0 Å². The summed E-state index contributed by atoms with van der Waals surface area (Å²) < 4.78 is 1.85. The minimum atomic E-state index is 0.204. The number of rotatable bonds is 3. The molecule has 0 aliphatic heterocycles. The first-order valence-corrected chi connectivity index (χ1v) is 4.81. The van der Waals surface area contributed by atoms with Gasteiger partial charge in [-0.15, -0.1) is 0 Å². The summed E-state index contributed by atoms with van der Waals surface area (Å²) in [6, 6.07) is 0. The van der Waals surface area contributed by atoms with E-state index >= 15 is 0 Å². The molecule has 1 N–H and O–H groups in total. The fourth-order valence-electron chi connectivity index (χ4n) is 1.48. The predicted molar refractivity (Wildman–Crippen MR) is 53.8 cm³/mol. The lowest BCUT2D eigenvalue weighted by Gasteiger charge is -2.01. The minimum Gasteiger partial charge on any atom is -0.356 e. The number of hydrogen-bond donors (Lipinski definition) is 1. The van der Waals surface area contributed by atoms with Crippen LogP contribution in [0, 0.1) is 0 Å². The zero-order valence-electron chi connectivity index (χ0n) is 8.16. The summed E-state index contributed by atoms with van der Waals surface area (Å²) in [7, 11) is 0. The lowest BCUT2D eigenvalue weighted by Crippen LogP contribution is -1.95. The Balaban J connectivity index is 2.04. The highest BCUT2D eigenvalue weighted by atomic mass is 16.1. The van der Waals surface area contributed by atoms with Gasteiger partial charge in [-0.25, -0.2) is 0 Å². The van der Waals surface area contributed by atoms with Crippen molar-refractivity contribution < 1.29 is 4.79 Å². The second-order valence-corrected chi connectivity index (χ2v) is 3.35. The van der Waals surface area contributed by atoms with Crippen LogP contribution < -0.4 is 5.32 Å². The van der Waals surface area contributed by atoms with Crippen LogP contribution in [0.1, 0.15) is 19.8 Å². The molecule has 0 aromatic carbocycles. The maximum Gasteiger partial charge on any atom is 0.157 e. The average molecular weight is 191 g/mol. The third kappa shape index (κ3) is 1.84. The van der Waals surface area contributed by atoms with E-state index in [0.29, 0.717) is 6.42 Å². The molecule has 1 heterocycles. The van der Waals surface area contributed by atoms with E-state index in [4.69, 9.17) is 0 Å². The van der Waals surface area contributed by atoms with Crippen molar-refractivity contribution >= 4 is 11.5 Å². The molecule has 0 atom stereocenters. The number of aromatic nitrogens is 2. The molecule has 0 bridgehead atoms. The Labute approximate surface area is 82.6 Å². The monoisotopic (exact) mass is 191 g/mol. The normalized spacial score (nSPS) is 15.8. The number of carbonyl (C=O) groups is 1. The van der Waals surface area contributed by atoms with Crippen molar-refractivity contribution in [2.24, 2.45) is 0 Å². The fraction of sp³-hybridized carbons (Fsp3) is 0.400. The summed E-state index contributed by atoms with van der Waals surface area (Å²) in [4.78, 5) is 11.0. The lowest BCUT2D eigenvalue weighted by molar-refractivity contribution is -0.114. The van der Waals surface area contributed by atoms with Crippen LogP contribution in [0.4, 0.5) is 5.69 Å². The summed E-state index contributed by atoms with van der Waals surface area (Å²) in [5.41, 5.74) is 1.94. The Kier molecular flexibility index (Phi) is 2.35. The first kappa shape index (κ1) is 8.99. The highest BCUT2D eigenvalue weighted by Crippen LogP contribution is 2.17. The van der Waals surface area contributed by atoms with Gasteiger partial charge >= 0.3 is 0 Å². The molecule has 1 aliphatic carbocycles. The van der Waals surface area contributed by atoms with Crippen molar-refractivity contribution in [3.05, 3.63) is 24.2 Å². The number of hydrogen-bond acceptors (Lipinski definition) is 3. The van der Waals surface area contributed by atoms with Crippen molar-refractivity contribution in [2.45, 2.75) is 26.3 Å². The quantitative estimate of drug-likeness (QED) is 0.788. The molecular formula is C10H13N3O. The predicted octanol–water partition coefficient (Wildman–Crippen LogP) is 1.56. The van der Waals surface area contributed by atoms with Crippen molar-refractivity contribution in [2.75, 3.05) is 5.32 Å². The van der Waals surface area contributed by atoms with Crippen LogP contribution >= 0.6 is 0 Å². The molecule has 4 nitrogen and oxygen atoms in total. The van der Waals surface area contributed by atoms with Crippen LogP contribution in [0.25, 0.3) is 0 Å². The number of carbonyl (C=O) groups excluding carboxylic acids is 1. The number of ketones is 1. The molecule has 0 spiro atoms. The van der Waals surface area contributed by atoms with Gasteiger partial charge in [0.05, 0.1) is 11.9 Å². The number of nitrogens with one attached hydrogen (secondary N) is 1. The Bertz CT molecular complexity index is 378. The molecule has 4 heteroatoms. The van der Waals surface area contributed by atoms with E-state index in [9.17, 15) is 4.79 Å². The van der Waals surface area contributed by atoms with Crippen molar-refractivity contribution in [1.29, 1.82) is 0 Å². The van der Waals surface area contributed by atoms with Crippen LogP contribution in [0.3, 0.4) is 0 Å². The molecule has 2 rings (SSSR count). The van der Waals surface area contributed by atoms with Gasteiger partial charge in [-0.3, -0.25) is 9.48 Å². The summed E-state index contributed by atoms with van der Waals surface area (Å²) >= 11 is 0. The maximum absolute atomic E-state index is 11.0. The number of nitrogens with zero attached hydrogens (tertiary/aromatic N) is 2. The van der Waals surface area contributed by atoms with Crippen molar-refractivity contribution in [3.8, 4) is 0 Å². The van der Waals surface area contributed by atoms with Gasteiger partial charge < -0.3 is 5.32 Å². The summed E-state index contributed by atoms with van der Waals surface area (Å²) in [6.07, 6.45) is 6.82. The van der Waals surface area contributed by atoms with E-state index < -0.39 is 0 Å². The van der Waals surface area contributed by atoms with Gasteiger partial charge in [0.1, 0.15) is 0 Å². The minimum absolute atomic E-state index is 0.204. The molecular weight excluding hydrogens is 178 g/mol. The maximum atomic E-state index is 11.0. The van der Waals surface area contributed by atoms with Gasteiger partial charge in [0.2, 0.25) is 0 Å². The molecule has 0 radical (unpaired) electrons. The molecule has 0 fully saturated rings. The fourth-order valence-corrected chi connectivity index (χ4v) is 1.48. The van der Waals surface area contributed by atoms with Gasteiger partial charge in [0.25, 0.3) is 0 Å². The van der Waals surface area contributed by atoms with Gasteiger partial charge in [-0.1, -0.05) is 0 Å². The average Bonchev–Trinajstić information content (AvgIpc) is 2.76. The zero-order valence-corrected chi connectivity index (χ0v) is 8.16. The molecule has 1 aromatic rings. The molecule has 0 amide bonds. The van der Waals surface area contributed by atoms with Gasteiger partial charge in [-0.05, 0) is 13.3 Å². The Hall–Kier alpha value is -1.58. The highest BCUT2D eigenvalue weighted by Gasteiger charge is 2.11. The third-order valence-electron chi connectivity index (χ3n) is 2.24. The SMILES string of the molecule is CCn1cc(NC2=CC(=O)CC2)cn1. The molecule has 1 aliphatic rings. The first-order valence-electron chi connectivity index (χ1n) is 4.81. The van der Waals surface area contributed by atoms with Gasteiger partial charge in [0, 0.05) is 30.9 Å². The van der Waals surface area contributed by atoms with Crippen LogP contribution in [-0.2, 0) is 11.3 Å². The van der Waals surface area contributed by atoms with E-state index in [1.165, 1.54) is 0 Å². The molecule has 0 saturated heterocycles. The van der Waals surface area contributed by atoms with E-state index in [-0.39, 0.29) is 5.78 Å². The topological polar surface area (TPSA) is 46.9 Å². The highest BCUT2D eigenvalue weighted by molar-refractivity contribution is 5.93.